The van der Waals surface area contributed by atoms with Gasteiger partial charge in [-0.3, -0.25) is 0 Å². The molecule has 3 nitrogen and oxygen atoms in total. The van der Waals surface area contributed by atoms with E-state index in [-0.39, 0.29) is 0 Å². The molecule has 0 aliphatic heterocycles. The third kappa shape index (κ3) is 2.51. The Morgan fingerprint density at radius 2 is 2.17 bits per heavy atom. The molecule has 0 amide bonds. The van der Waals surface area contributed by atoms with Crippen molar-refractivity contribution in [3.8, 4) is 6.07 Å². The summed E-state index contributed by atoms with van der Waals surface area (Å²) >= 11 is 10.8. The molecule has 1 N–H and O–H groups in total. The van der Waals surface area contributed by atoms with Crippen molar-refractivity contribution in [2.24, 2.45) is 0 Å². The molecule has 6 heteroatoms. The topological polar surface area (TPSA) is 48.7 Å². The monoisotopic (exact) mass is 341 g/mol. The van der Waals surface area contributed by atoms with E-state index in [0.29, 0.717) is 10.6 Å². The van der Waals surface area contributed by atoms with Crippen LogP contribution < -0.4 is 5.32 Å². The molecule has 0 bridgehead atoms. The summed E-state index contributed by atoms with van der Waals surface area (Å²) in [6, 6.07) is 5.91. The highest BCUT2D eigenvalue weighted by molar-refractivity contribution is 9.10. The maximum absolute atomic E-state index is 9.07. The van der Waals surface area contributed by atoms with Crippen molar-refractivity contribution in [2.45, 2.75) is 13.8 Å². The first-order chi connectivity index (χ1) is 8.52. The van der Waals surface area contributed by atoms with Crippen LogP contribution in [-0.2, 0) is 0 Å². The first-order valence-electron chi connectivity index (χ1n) is 5.12. The van der Waals surface area contributed by atoms with Crippen LogP contribution in [0.2, 0.25) is 5.02 Å². The Hall–Kier alpha value is -1.09. The molecule has 1 aromatic heterocycles. The molecule has 0 radical (unpaired) electrons. The Balaban J connectivity index is 2.41. The van der Waals surface area contributed by atoms with Crippen molar-refractivity contribution in [1.29, 1.82) is 5.26 Å². The number of aryl methyl sites for hydroxylation is 2. The molecule has 0 atom stereocenters. The molecule has 1 heterocycles. The molecule has 0 spiro atoms. The highest BCUT2D eigenvalue weighted by Crippen LogP contribution is 2.34. The lowest BCUT2D eigenvalue weighted by atomic mass is 10.2. The van der Waals surface area contributed by atoms with Crippen molar-refractivity contribution >= 4 is 49.8 Å². The Labute approximate surface area is 123 Å². The van der Waals surface area contributed by atoms with Crippen molar-refractivity contribution in [2.75, 3.05) is 5.32 Å². The average molecular weight is 343 g/mol. The molecule has 0 unspecified atom stereocenters. The molecular formula is C12H9BrClN3S. The Bertz CT molecular complexity index is 646. The molecule has 92 valence electrons. The largest absolute Gasteiger partial charge is 0.344 e. The van der Waals surface area contributed by atoms with E-state index in [9.17, 15) is 0 Å². The zero-order valence-corrected chi connectivity index (χ0v) is 12.9. The van der Waals surface area contributed by atoms with Crippen LogP contribution in [0.15, 0.2) is 16.6 Å². The summed E-state index contributed by atoms with van der Waals surface area (Å²) in [6.07, 6.45) is 0. The van der Waals surface area contributed by atoms with Crippen LogP contribution in [0.1, 0.15) is 16.8 Å². The zero-order chi connectivity index (χ0) is 13.3. The smallest absolute Gasteiger partial charge is 0.132 e. The molecule has 0 aliphatic carbocycles. The van der Waals surface area contributed by atoms with Gasteiger partial charge in [0.15, 0.2) is 0 Å². The SMILES string of the molecule is Cc1cc(Br)c(Nc2snc(C)c2C#N)cc1Cl. The quantitative estimate of drug-likeness (QED) is 0.853. The van der Waals surface area contributed by atoms with E-state index >= 15 is 0 Å². The number of rotatable bonds is 2. The normalized spacial score (nSPS) is 10.2. The fourth-order valence-electron chi connectivity index (χ4n) is 1.45. The molecular weight excluding hydrogens is 334 g/mol. The van der Waals surface area contributed by atoms with Gasteiger partial charge < -0.3 is 5.32 Å². The van der Waals surface area contributed by atoms with E-state index < -0.39 is 0 Å². The van der Waals surface area contributed by atoms with E-state index in [1.165, 1.54) is 11.5 Å². The van der Waals surface area contributed by atoms with Gasteiger partial charge in [-0.1, -0.05) is 11.6 Å². The van der Waals surface area contributed by atoms with E-state index in [1.54, 1.807) is 0 Å². The summed E-state index contributed by atoms with van der Waals surface area (Å²) in [4.78, 5) is 0. The number of hydrogen-bond acceptors (Lipinski definition) is 4. The summed E-state index contributed by atoms with van der Waals surface area (Å²) in [5.74, 6) is 0. The van der Waals surface area contributed by atoms with Crippen molar-refractivity contribution in [1.82, 2.24) is 4.37 Å². The second-order valence-corrected chi connectivity index (χ2v) is 5.83. The summed E-state index contributed by atoms with van der Waals surface area (Å²) in [7, 11) is 0. The van der Waals surface area contributed by atoms with E-state index in [1.807, 2.05) is 26.0 Å². The van der Waals surface area contributed by atoms with Crippen molar-refractivity contribution in [3.63, 3.8) is 0 Å². The van der Waals surface area contributed by atoms with Crippen molar-refractivity contribution in [3.05, 3.63) is 38.4 Å². The van der Waals surface area contributed by atoms with Gasteiger partial charge in [0, 0.05) is 9.50 Å². The fraction of sp³-hybridized carbons (Fsp3) is 0.167. The first-order valence-corrected chi connectivity index (χ1v) is 7.06. The van der Waals surface area contributed by atoms with Crippen LogP contribution in [0.3, 0.4) is 0 Å². The fourth-order valence-corrected chi connectivity index (χ4v) is 2.93. The van der Waals surface area contributed by atoms with Gasteiger partial charge in [0.1, 0.15) is 16.6 Å². The summed E-state index contributed by atoms with van der Waals surface area (Å²) in [6.45, 7) is 3.76. The molecule has 0 aliphatic rings. The summed E-state index contributed by atoms with van der Waals surface area (Å²) < 4.78 is 5.06. The van der Waals surface area contributed by atoms with Crippen molar-refractivity contribution < 1.29 is 0 Å². The van der Waals surface area contributed by atoms with Gasteiger partial charge >= 0.3 is 0 Å². The third-order valence-electron chi connectivity index (χ3n) is 2.47. The van der Waals surface area contributed by atoms with Gasteiger partial charge in [-0.25, -0.2) is 0 Å². The van der Waals surface area contributed by atoms with E-state index in [2.05, 4.69) is 31.7 Å². The molecule has 1 aromatic carbocycles. The van der Waals surface area contributed by atoms with Crippen LogP contribution in [-0.4, -0.2) is 4.37 Å². The Kier molecular flexibility index (Phi) is 3.91. The van der Waals surface area contributed by atoms with E-state index in [4.69, 9.17) is 16.9 Å². The number of aromatic nitrogens is 1. The minimum atomic E-state index is 0.573. The van der Waals surface area contributed by atoms with Gasteiger partial charge in [-0.15, -0.1) is 0 Å². The number of benzene rings is 1. The molecule has 2 rings (SSSR count). The second kappa shape index (κ2) is 5.27. The maximum Gasteiger partial charge on any atom is 0.132 e. The number of hydrogen-bond donors (Lipinski definition) is 1. The average Bonchev–Trinajstić information content (AvgIpc) is 2.67. The zero-order valence-electron chi connectivity index (χ0n) is 9.71. The van der Waals surface area contributed by atoms with Gasteiger partial charge in [-0.2, -0.15) is 9.64 Å². The molecule has 2 aromatic rings. The first kappa shape index (κ1) is 13.3. The highest BCUT2D eigenvalue weighted by Gasteiger charge is 2.12. The lowest BCUT2D eigenvalue weighted by Gasteiger charge is -2.09. The molecule has 18 heavy (non-hydrogen) atoms. The third-order valence-corrected chi connectivity index (χ3v) is 4.39. The molecule has 0 saturated heterocycles. The summed E-state index contributed by atoms with van der Waals surface area (Å²) in [5.41, 5.74) is 3.13. The van der Waals surface area contributed by atoms with Crippen LogP contribution in [0, 0.1) is 25.2 Å². The number of nitriles is 1. The number of anilines is 2. The Morgan fingerprint density at radius 3 is 2.83 bits per heavy atom. The standard InChI is InChI=1S/C12H9BrClN3S/c1-6-3-9(13)11(4-10(6)14)16-12-8(5-15)7(2)17-18-12/h3-4,16H,1-2H3. The van der Waals surface area contributed by atoms with Crippen LogP contribution in [0.4, 0.5) is 10.7 Å². The van der Waals surface area contributed by atoms with E-state index in [0.717, 1.165) is 26.4 Å². The summed E-state index contributed by atoms with van der Waals surface area (Å²) in [5, 5.41) is 13.7. The second-order valence-electron chi connectivity index (χ2n) is 3.79. The van der Waals surface area contributed by atoms with Gasteiger partial charge in [0.25, 0.3) is 0 Å². The maximum atomic E-state index is 9.07. The predicted octanol–water partition coefficient (Wildman–Crippen LogP) is 4.79. The minimum absolute atomic E-state index is 0.573. The Morgan fingerprint density at radius 1 is 1.44 bits per heavy atom. The van der Waals surface area contributed by atoms with Crippen LogP contribution in [0.5, 0.6) is 0 Å². The molecule has 0 fully saturated rings. The number of nitrogens with one attached hydrogen (secondary N) is 1. The number of nitrogens with zero attached hydrogens (tertiary/aromatic N) is 2. The lowest BCUT2D eigenvalue weighted by molar-refractivity contribution is 1.31. The van der Waals surface area contributed by atoms with Crippen LogP contribution in [0.25, 0.3) is 0 Å². The van der Waals surface area contributed by atoms with Gasteiger partial charge in [0.2, 0.25) is 0 Å². The van der Waals surface area contributed by atoms with Gasteiger partial charge in [0.05, 0.1) is 11.4 Å². The van der Waals surface area contributed by atoms with Gasteiger partial charge in [-0.05, 0) is 59.0 Å². The highest BCUT2D eigenvalue weighted by atomic mass is 79.9. The molecule has 0 saturated carbocycles. The number of halogens is 2. The minimum Gasteiger partial charge on any atom is -0.344 e. The van der Waals surface area contributed by atoms with Crippen LogP contribution >= 0.6 is 39.1 Å². The lowest BCUT2D eigenvalue weighted by Crippen LogP contribution is -1.92. The predicted molar refractivity (Wildman–Crippen MR) is 78.7 cm³/mol.